The molecule has 1 aromatic heterocycles. The van der Waals surface area contributed by atoms with Crippen molar-refractivity contribution in [2.45, 2.75) is 26.3 Å². The summed E-state index contributed by atoms with van der Waals surface area (Å²) in [5.74, 6) is 0.815. The van der Waals surface area contributed by atoms with E-state index in [0.29, 0.717) is 5.92 Å². The Hall–Kier alpha value is -3.26. The van der Waals surface area contributed by atoms with E-state index in [0.717, 1.165) is 65.8 Å². The molecule has 1 aliphatic heterocycles. The maximum Gasteiger partial charge on any atom is 0.219 e. The maximum absolute atomic E-state index is 11.4. The summed E-state index contributed by atoms with van der Waals surface area (Å²) in [5.41, 5.74) is 4.82. The standard InChI is InChI=1S/C25H30N6OS/c1-17(32)31-15-20(16-31)25(33)30(2)14-18-5-9-21(10-6-18)28-23(12-26)24(19-7-8-19)29-22-4-3-11-27-13-22/h3-6,9-13,19-20,26,28-29H,7-8,14-16H2,1-2H3/b24-23+,26-12?. The van der Waals surface area contributed by atoms with E-state index in [2.05, 4.69) is 32.7 Å². The molecule has 8 heteroatoms. The number of pyridine rings is 1. The molecular weight excluding hydrogens is 432 g/mol. The van der Waals surface area contributed by atoms with Crippen molar-refractivity contribution < 1.29 is 4.79 Å². The van der Waals surface area contributed by atoms with E-state index in [1.165, 1.54) is 6.21 Å². The number of nitrogens with zero attached hydrogens (tertiary/aromatic N) is 3. The predicted molar refractivity (Wildman–Crippen MR) is 136 cm³/mol. The molecule has 7 nitrogen and oxygen atoms in total. The summed E-state index contributed by atoms with van der Waals surface area (Å²) in [6.07, 6.45) is 7.16. The fourth-order valence-corrected chi connectivity index (χ4v) is 4.15. The third-order valence-corrected chi connectivity index (χ3v) is 6.71. The normalized spacial score (nSPS) is 16.4. The van der Waals surface area contributed by atoms with Crippen molar-refractivity contribution in [3.05, 3.63) is 65.7 Å². The Bertz CT molecular complexity index is 1040. The van der Waals surface area contributed by atoms with E-state index < -0.39 is 0 Å². The van der Waals surface area contributed by atoms with Crippen LogP contribution in [0.15, 0.2) is 60.2 Å². The van der Waals surface area contributed by atoms with Gasteiger partial charge in [-0.1, -0.05) is 24.4 Å². The van der Waals surface area contributed by atoms with Gasteiger partial charge in [0, 0.05) is 69.2 Å². The Morgan fingerprint density at radius 3 is 2.48 bits per heavy atom. The number of allylic oxidation sites excluding steroid dienone is 2. The largest absolute Gasteiger partial charge is 0.365 e. The van der Waals surface area contributed by atoms with E-state index in [4.69, 9.17) is 17.6 Å². The molecule has 1 amide bonds. The van der Waals surface area contributed by atoms with Gasteiger partial charge in [0.2, 0.25) is 5.91 Å². The van der Waals surface area contributed by atoms with Gasteiger partial charge in [0.25, 0.3) is 0 Å². The minimum absolute atomic E-state index is 0.110. The number of likely N-dealkylation sites (tertiary alicyclic amines) is 1. The molecule has 4 rings (SSSR count). The minimum Gasteiger partial charge on any atom is -0.365 e. The number of hydrogen-bond acceptors (Lipinski definition) is 6. The van der Waals surface area contributed by atoms with Gasteiger partial charge in [0.15, 0.2) is 0 Å². The van der Waals surface area contributed by atoms with Gasteiger partial charge in [-0.3, -0.25) is 9.78 Å². The molecule has 172 valence electrons. The molecule has 2 heterocycles. The van der Waals surface area contributed by atoms with Gasteiger partial charge in [-0.2, -0.15) is 0 Å². The highest BCUT2D eigenvalue weighted by atomic mass is 32.1. The zero-order valence-corrected chi connectivity index (χ0v) is 19.9. The molecule has 2 aromatic rings. The summed E-state index contributed by atoms with van der Waals surface area (Å²) in [6.45, 7) is 3.76. The molecule has 1 aliphatic carbocycles. The van der Waals surface area contributed by atoms with Crippen LogP contribution >= 0.6 is 12.2 Å². The maximum atomic E-state index is 11.4. The van der Waals surface area contributed by atoms with Gasteiger partial charge in [-0.25, -0.2) is 0 Å². The highest BCUT2D eigenvalue weighted by molar-refractivity contribution is 7.80. The second kappa shape index (κ2) is 10.1. The highest BCUT2D eigenvalue weighted by Crippen LogP contribution is 2.38. The molecule has 2 aliphatic rings. The quantitative estimate of drug-likeness (QED) is 0.384. The first-order chi connectivity index (χ1) is 15.9. The Kier molecular flexibility index (Phi) is 7.03. The average molecular weight is 463 g/mol. The van der Waals surface area contributed by atoms with E-state index in [1.54, 1.807) is 19.3 Å². The van der Waals surface area contributed by atoms with Crippen molar-refractivity contribution in [3.8, 4) is 0 Å². The van der Waals surface area contributed by atoms with Crippen molar-refractivity contribution in [1.29, 1.82) is 5.41 Å². The molecule has 2 fully saturated rings. The number of hydrogen-bond donors (Lipinski definition) is 3. The van der Waals surface area contributed by atoms with Crippen LogP contribution in [-0.4, -0.2) is 52.0 Å². The van der Waals surface area contributed by atoms with Crippen LogP contribution in [0.3, 0.4) is 0 Å². The van der Waals surface area contributed by atoms with Crippen LogP contribution in [0, 0.1) is 17.2 Å². The lowest BCUT2D eigenvalue weighted by Crippen LogP contribution is -2.54. The first-order valence-corrected chi connectivity index (χ1v) is 11.6. The smallest absolute Gasteiger partial charge is 0.219 e. The molecule has 33 heavy (non-hydrogen) atoms. The molecule has 0 unspecified atom stereocenters. The lowest BCUT2D eigenvalue weighted by atomic mass is 9.99. The van der Waals surface area contributed by atoms with E-state index in [1.807, 2.05) is 36.2 Å². The summed E-state index contributed by atoms with van der Waals surface area (Å²) in [4.78, 5) is 20.4. The minimum atomic E-state index is 0.110. The average Bonchev–Trinajstić information content (AvgIpc) is 3.62. The SMILES string of the molecule is CC(=O)N1CC(C(=S)N(C)Cc2ccc(N/C(C=N)=C(/Nc3cccnc3)C3CC3)cc2)C1. The van der Waals surface area contributed by atoms with Crippen LogP contribution in [-0.2, 0) is 11.3 Å². The second-order valence-electron chi connectivity index (χ2n) is 8.75. The molecule has 0 atom stereocenters. The second-order valence-corrected chi connectivity index (χ2v) is 9.17. The lowest BCUT2D eigenvalue weighted by Gasteiger charge is -2.41. The van der Waals surface area contributed by atoms with Crippen molar-refractivity contribution in [1.82, 2.24) is 14.8 Å². The fraction of sp³-hybridized carbons (Fsp3) is 0.360. The summed E-state index contributed by atoms with van der Waals surface area (Å²) in [7, 11) is 2.01. The summed E-state index contributed by atoms with van der Waals surface area (Å²) < 4.78 is 0. The number of carbonyl (C=O) groups is 1. The zero-order chi connectivity index (χ0) is 23.4. The number of benzene rings is 1. The Morgan fingerprint density at radius 1 is 1.18 bits per heavy atom. The van der Waals surface area contributed by atoms with Crippen LogP contribution in [0.5, 0.6) is 0 Å². The van der Waals surface area contributed by atoms with E-state index in [-0.39, 0.29) is 11.8 Å². The number of anilines is 2. The Labute approximate surface area is 200 Å². The predicted octanol–water partition coefficient (Wildman–Crippen LogP) is 4.11. The number of aromatic nitrogens is 1. The first-order valence-electron chi connectivity index (χ1n) is 11.2. The molecule has 0 bridgehead atoms. The monoisotopic (exact) mass is 462 g/mol. The fourth-order valence-electron chi connectivity index (χ4n) is 3.94. The molecular formula is C25H30N6OS. The lowest BCUT2D eigenvalue weighted by molar-refractivity contribution is -0.133. The molecule has 1 saturated carbocycles. The highest BCUT2D eigenvalue weighted by Gasteiger charge is 2.33. The van der Waals surface area contributed by atoms with Crippen molar-refractivity contribution in [3.63, 3.8) is 0 Å². The van der Waals surface area contributed by atoms with Crippen molar-refractivity contribution >= 4 is 40.7 Å². The van der Waals surface area contributed by atoms with Gasteiger partial charge in [0.1, 0.15) is 0 Å². The molecule has 1 saturated heterocycles. The molecule has 0 spiro atoms. The number of carbonyl (C=O) groups excluding carboxylic acids is 1. The van der Waals surface area contributed by atoms with Gasteiger partial charge < -0.3 is 25.8 Å². The molecule has 1 aromatic carbocycles. The first kappa shape index (κ1) is 22.9. The number of thiocarbonyl (C=S) groups is 1. The van der Waals surface area contributed by atoms with Gasteiger partial charge in [-0.05, 0) is 42.7 Å². The Morgan fingerprint density at radius 2 is 1.91 bits per heavy atom. The number of nitrogens with one attached hydrogen (secondary N) is 3. The van der Waals surface area contributed by atoms with Crippen LogP contribution < -0.4 is 10.6 Å². The van der Waals surface area contributed by atoms with Crippen molar-refractivity contribution in [2.24, 2.45) is 11.8 Å². The van der Waals surface area contributed by atoms with Crippen molar-refractivity contribution in [2.75, 3.05) is 30.8 Å². The Balaban J connectivity index is 1.38. The molecule has 0 radical (unpaired) electrons. The van der Waals surface area contributed by atoms with Gasteiger partial charge >= 0.3 is 0 Å². The third-order valence-electron chi connectivity index (χ3n) is 6.07. The third kappa shape index (κ3) is 5.76. The van der Waals surface area contributed by atoms with Crippen LogP contribution in [0.2, 0.25) is 0 Å². The summed E-state index contributed by atoms with van der Waals surface area (Å²) in [5, 5.41) is 14.8. The summed E-state index contributed by atoms with van der Waals surface area (Å²) >= 11 is 5.63. The zero-order valence-electron chi connectivity index (χ0n) is 19.0. The topological polar surface area (TPSA) is 84.4 Å². The van der Waals surface area contributed by atoms with E-state index >= 15 is 0 Å². The number of amides is 1. The summed E-state index contributed by atoms with van der Waals surface area (Å²) in [6, 6.07) is 12.1. The van der Waals surface area contributed by atoms with Gasteiger partial charge in [-0.15, -0.1) is 0 Å². The van der Waals surface area contributed by atoms with Crippen LogP contribution in [0.1, 0.15) is 25.3 Å². The molecule has 3 N–H and O–H groups in total. The van der Waals surface area contributed by atoms with Gasteiger partial charge in [0.05, 0.1) is 22.6 Å². The van der Waals surface area contributed by atoms with Crippen LogP contribution in [0.4, 0.5) is 11.4 Å². The van der Waals surface area contributed by atoms with E-state index in [9.17, 15) is 4.79 Å². The van der Waals surface area contributed by atoms with Crippen LogP contribution in [0.25, 0.3) is 0 Å². The number of rotatable bonds is 9.